The molecule has 1 aromatic heterocycles. The fourth-order valence-corrected chi connectivity index (χ4v) is 3.31. The number of nitrogens with zero attached hydrogens (tertiary/aromatic N) is 2. The molecule has 0 aliphatic carbocycles. The minimum absolute atomic E-state index is 0.0224. The van der Waals surface area contributed by atoms with Crippen molar-refractivity contribution in [3.05, 3.63) is 48.7 Å². The number of anilines is 2. The Bertz CT molecular complexity index is 916. The highest BCUT2D eigenvalue weighted by Crippen LogP contribution is 2.23. The highest BCUT2D eigenvalue weighted by Gasteiger charge is 2.20. The van der Waals surface area contributed by atoms with Gasteiger partial charge in [-0.3, -0.25) is 9.40 Å². The molecule has 0 saturated carbocycles. The average Bonchev–Trinajstić information content (AvgIpc) is 2.78. The average molecular weight is 302 g/mol. The molecule has 0 fully saturated rings. The maximum absolute atomic E-state index is 12.3. The highest BCUT2D eigenvalue weighted by molar-refractivity contribution is 7.92. The van der Waals surface area contributed by atoms with E-state index in [-0.39, 0.29) is 10.7 Å². The molecule has 3 rings (SSSR count). The maximum atomic E-state index is 12.3. The molecule has 0 unspecified atom stereocenters. The molecule has 2 aromatic carbocycles. The third-order valence-corrected chi connectivity index (χ3v) is 4.51. The lowest BCUT2D eigenvalue weighted by molar-refractivity contribution is 0.601. The highest BCUT2D eigenvalue weighted by atomic mass is 32.2. The van der Waals surface area contributed by atoms with E-state index >= 15 is 0 Å². The number of fused-ring (bicyclic) bond motifs is 1. The number of rotatable bonds is 3. The molecule has 21 heavy (non-hydrogen) atoms. The Hall–Kier alpha value is -2.54. The molecule has 0 radical (unpaired) electrons. The predicted octanol–water partition coefficient (Wildman–Crippen LogP) is 1.96. The van der Waals surface area contributed by atoms with Crippen LogP contribution in [-0.2, 0) is 17.1 Å². The van der Waals surface area contributed by atoms with Gasteiger partial charge in [-0.05, 0) is 22.9 Å². The number of aryl methyl sites for hydroxylation is 1. The van der Waals surface area contributed by atoms with Crippen LogP contribution >= 0.6 is 0 Å². The van der Waals surface area contributed by atoms with Crippen LogP contribution in [0.4, 0.5) is 11.5 Å². The molecule has 0 bridgehead atoms. The number of hydrogen-bond acceptors (Lipinski definition) is 4. The lowest BCUT2D eigenvalue weighted by atomic mass is 10.1. The Labute approximate surface area is 122 Å². The van der Waals surface area contributed by atoms with Gasteiger partial charge in [0.1, 0.15) is 4.90 Å². The number of benzene rings is 2. The van der Waals surface area contributed by atoms with Crippen LogP contribution in [0.2, 0.25) is 0 Å². The normalized spacial score (nSPS) is 11.7. The fraction of sp³-hybridized carbons (Fsp3) is 0.0714. The molecular formula is C14H14N4O2S. The van der Waals surface area contributed by atoms with Crippen molar-refractivity contribution in [3.63, 3.8) is 0 Å². The Morgan fingerprint density at radius 3 is 2.52 bits per heavy atom. The minimum atomic E-state index is -3.75. The van der Waals surface area contributed by atoms with E-state index in [0.29, 0.717) is 5.69 Å². The number of nitrogens with one attached hydrogen (secondary N) is 1. The number of nitrogen functional groups attached to an aromatic ring is 1. The Balaban J connectivity index is 1.99. The molecule has 1 heterocycles. The van der Waals surface area contributed by atoms with Gasteiger partial charge in [-0.15, -0.1) is 0 Å². The van der Waals surface area contributed by atoms with Crippen LogP contribution in [0.15, 0.2) is 53.6 Å². The number of hydrogen-bond donors (Lipinski definition) is 2. The predicted molar refractivity (Wildman–Crippen MR) is 82.4 cm³/mol. The summed E-state index contributed by atoms with van der Waals surface area (Å²) in [5.74, 6) is -0.0224. The number of nitrogens with two attached hydrogens (primary N) is 1. The molecule has 7 heteroatoms. The van der Waals surface area contributed by atoms with Gasteiger partial charge in [-0.25, -0.2) is 8.42 Å². The van der Waals surface area contributed by atoms with Crippen LogP contribution in [0.3, 0.4) is 0 Å². The van der Waals surface area contributed by atoms with Crippen molar-refractivity contribution in [2.45, 2.75) is 4.90 Å². The van der Waals surface area contributed by atoms with E-state index in [0.717, 1.165) is 10.8 Å². The summed E-state index contributed by atoms with van der Waals surface area (Å²) >= 11 is 0. The second-order valence-corrected chi connectivity index (χ2v) is 6.37. The molecule has 0 spiro atoms. The van der Waals surface area contributed by atoms with Gasteiger partial charge in [-0.2, -0.15) is 5.10 Å². The molecule has 0 atom stereocenters. The summed E-state index contributed by atoms with van der Waals surface area (Å²) in [5.41, 5.74) is 6.10. The number of aromatic nitrogens is 2. The third kappa shape index (κ3) is 2.55. The van der Waals surface area contributed by atoms with E-state index in [1.807, 2.05) is 30.3 Å². The smallest absolute Gasteiger partial charge is 0.267 e. The van der Waals surface area contributed by atoms with E-state index in [9.17, 15) is 8.42 Å². The summed E-state index contributed by atoms with van der Waals surface area (Å²) in [6, 6.07) is 13.1. The van der Waals surface area contributed by atoms with Crippen molar-refractivity contribution < 1.29 is 8.42 Å². The van der Waals surface area contributed by atoms with Gasteiger partial charge in [0.15, 0.2) is 5.82 Å². The quantitative estimate of drug-likeness (QED) is 0.774. The molecule has 0 aliphatic heterocycles. The largest absolute Gasteiger partial charge is 0.381 e. The fourth-order valence-electron chi connectivity index (χ4n) is 2.15. The first kappa shape index (κ1) is 13.4. The summed E-state index contributed by atoms with van der Waals surface area (Å²) in [7, 11) is -2.13. The van der Waals surface area contributed by atoms with Gasteiger partial charge >= 0.3 is 0 Å². The molecular weight excluding hydrogens is 288 g/mol. The first-order valence-electron chi connectivity index (χ1n) is 6.26. The summed E-state index contributed by atoms with van der Waals surface area (Å²) in [4.78, 5) is -0.0295. The van der Waals surface area contributed by atoms with Gasteiger partial charge in [0.05, 0.1) is 0 Å². The summed E-state index contributed by atoms with van der Waals surface area (Å²) in [5, 5.41) is 5.84. The molecule has 108 valence electrons. The van der Waals surface area contributed by atoms with Gasteiger partial charge in [-0.1, -0.05) is 30.3 Å². The van der Waals surface area contributed by atoms with E-state index in [2.05, 4.69) is 9.82 Å². The molecule has 0 amide bonds. The van der Waals surface area contributed by atoms with Crippen LogP contribution in [0.1, 0.15) is 0 Å². The molecule has 3 N–H and O–H groups in total. The van der Waals surface area contributed by atoms with Crippen molar-refractivity contribution in [3.8, 4) is 0 Å². The molecule has 0 saturated heterocycles. The van der Waals surface area contributed by atoms with Gasteiger partial charge in [0, 0.05) is 18.9 Å². The van der Waals surface area contributed by atoms with Crippen LogP contribution in [0, 0.1) is 0 Å². The first-order valence-corrected chi connectivity index (χ1v) is 7.75. The van der Waals surface area contributed by atoms with Crippen LogP contribution < -0.4 is 10.5 Å². The van der Waals surface area contributed by atoms with Gasteiger partial charge in [0.2, 0.25) is 0 Å². The van der Waals surface area contributed by atoms with Crippen LogP contribution in [0.25, 0.3) is 10.8 Å². The SMILES string of the molecule is Cn1cc(S(=O)(=O)Nc2ccc3ccccc3c2)c(N)n1. The zero-order chi connectivity index (χ0) is 15.0. The van der Waals surface area contributed by atoms with Gasteiger partial charge in [0.25, 0.3) is 10.0 Å². The topological polar surface area (TPSA) is 90.0 Å². The van der Waals surface area contributed by atoms with Crippen molar-refractivity contribution >= 4 is 32.3 Å². The summed E-state index contributed by atoms with van der Waals surface area (Å²) in [6.07, 6.45) is 1.37. The Morgan fingerprint density at radius 1 is 1.14 bits per heavy atom. The molecule has 3 aromatic rings. The van der Waals surface area contributed by atoms with Crippen molar-refractivity contribution in [1.82, 2.24) is 9.78 Å². The molecule has 0 aliphatic rings. The lowest BCUT2D eigenvalue weighted by Crippen LogP contribution is -2.13. The Kier molecular flexibility index (Phi) is 3.06. The minimum Gasteiger partial charge on any atom is -0.381 e. The zero-order valence-electron chi connectivity index (χ0n) is 11.3. The Morgan fingerprint density at radius 2 is 1.86 bits per heavy atom. The van der Waals surface area contributed by atoms with E-state index < -0.39 is 10.0 Å². The van der Waals surface area contributed by atoms with Crippen molar-refractivity contribution in [2.24, 2.45) is 7.05 Å². The lowest BCUT2D eigenvalue weighted by Gasteiger charge is -2.08. The monoisotopic (exact) mass is 302 g/mol. The first-order chi connectivity index (χ1) is 9.95. The van der Waals surface area contributed by atoms with Crippen LogP contribution in [-0.4, -0.2) is 18.2 Å². The van der Waals surface area contributed by atoms with E-state index in [1.54, 1.807) is 19.2 Å². The van der Waals surface area contributed by atoms with Gasteiger partial charge < -0.3 is 5.73 Å². The summed E-state index contributed by atoms with van der Waals surface area (Å²) in [6.45, 7) is 0. The van der Waals surface area contributed by atoms with Crippen molar-refractivity contribution in [1.29, 1.82) is 0 Å². The maximum Gasteiger partial charge on any atom is 0.267 e. The van der Waals surface area contributed by atoms with E-state index in [1.165, 1.54) is 10.9 Å². The third-order valence-electron chi connectivity index (χ3n) is 3.11. The van der Waals surface area contributed by atoms with Crippen molar-refractivity contribution in [2.75, 3.05) is 10.5 Å². The second kappa shape index (κ2) is 4.78. The van der Waals surface area contributed by atoms with Crippen LogP contribution in [0.5, 0.6) is 0 Å². The number of sulfonamides is 1. The molecule has 6 nitrogen and oxygen atoms in total. The van der Waals surface area contributed by atoms with E-state index in [4.69, 9.17) is 5.73 Å². The second-order valence-electron chi connectivity index (χ2n) is 4.72. The zero-order valence-corrected chi connectivity index (χ0v) is 12.1. The summed E-state index contributed by atoms with van der Waals surface area (Å²) < 4.78 is 28.5. The standard InChI is InChI=1S/C14H14N4O2S/c1-18-9-13(14(15)16-18)21(19,20)17-12-7-6-10-4-2-3-5-11(10)8-12/h2-9,17H,1H3,(H2,15,16).